The van der Waals surface area contributed by atoms with E-state index in [1.165, 1.54) is 0 Å². The summed E-state index contributed by atoms with van der Waals surface area (Å²) in [6, 6.07) is 17.5. The molecule has 0 radical (unpaired) electrons. The summed E-state index contributed by atoms with van der Waals surface area (Å²) in [4.78, 5) is 13.4. The van der Waals surface area contributed by atoms with Crippen LogP contribution in [0.1, 0.15) is 12.5 Å². The summed E-state index contributed by atoms with van der Waals surface area (Å²) >= 11 is 5.38. The number of hydrogen-bond donors (Lipinski definition) is 1. The SMILES string of the molecule is CCOC(=O)NC(=S)N(c1ccccc1)c1ccc(C)cc1. The van der Waals surface area contributed by atoms with Crippen LogP contribution in [0.4, 0.5) is 16.2 Å². The number of carbonyl (C=O) groups excluding carboxylic acids is 1. The summed E-state index contributed by atoms with van der Waals surface area (Å²) in [6.45, 7) is 4.06. The van der Waals surface area contributed by atoms with Crippen LogP contribution < -0.4 is 10.2 Å². The van der Waals surface area contributed by atoms with Gasteiger partial charge in [-0.25, -0.2) is 4.79 Å². The Morgan fingerprint density at radius 3 is 2.27 bits per heavy atom. The first kappa shape index (κ1) is 16.0. The van der Waals surface area contributed by atoms with Crippen LogP contribution in [0.5, 0.6) is 0 Å². The van der Waals surface area contributed by atoms with Crippen LogP contribution in [0.15, 0.2) is 54.6 Å². The van der Waals surface area contributed by atoms with Gasteiger partial charge in [-0.05, 0) is 50.3 Å². The van der Waals surface area contributed by atoms with Crippen LogP contribution in [0, 0.1) is 6.92 Å². The number of rotatable bonds is 3. The largest absolute Gasteiger partial charge is 0.450 e. The molecule has 4 nitrogen and oxygen atoms in total. The minimum Gasteiger partial charge on any atom is -0.450 e. The average molecular weight is 314 g/mol. The molecule has 0 aliphatic rings. The Morgan fingerprint density at radius 1 is 1.09 bits per heavy atom. The van der Waals surface area contributed by atoms with E-state index < -0.39 is 6.09 Å². The standard InChI is InChI=1S/C17H18N2O2S/c1-3-21-17(20)18-16(22)19(14-7-5-4-6-8-14)15-11-9-13(2)10-12-15/h4-12H,3H2,1-2H3,(H,18,20,22). The predicted molar refractivity (Wildman–Crippen MR) is 92.5 cm³/mol. The molecule has 0 heterocycles. The predicted octanol–water partition coefficient (Wildman–Crippen LogP) is 4.16. The zero-order valence-corrected chi connectivity index (χ0v) is 13.4. The fraction of sp³-hybridized carbons (Fsp3) is 0.176. The highest BCUT2D eigenvalue weighted by atomic mass is 32.1. The molecule has 22 heavy (non-hydrogen) atoms. The molecule has 1 N–H and O–H groups in total. The number of nitrogens with one attached hydrogen (secondary N) is 1. The fourth-order valence-electron chi connectivity index (χ4n) is 1.96. The van der Waals surface area contributed by atoms with E-state index in [-0.39, 0.29) is 5.11 Å². The van der Waals surface area contributed by atoms with E-state index in [4.69, 9.17) is 17.0 Å². The molecule has 0 aliphatic heterocycles. The number of ether oxygens (including phenoxy) is 1. The highest BCUT2D eigenvalue weighted by Gasteiger charge is 2.17. The zero-order valence-electron chi connectivity index (χ0n) is 12.6. The van der Waals surface area contributed by atoms with Gasteiger partial charge in [-0.15, -0.1) is 0 Å². The van der Waals surface area contributed by atoms with E-state index >= 15 is 0 Å². The number of hydrogen-bond acceptors (Lipinski definition) is 3. The molecule has 1 amide bonds. The van der Waals surface area contributed by atoms with E-state index in [9.17, 15) is 4.79 Å². The second kappa shape index (κ2) is 7.56. The summed E-state index contributed by atoms with van der Waals surface area (Å²) in [5.74, 6) is 0. The topological polar surface area (TPSA) is 41.6 Å². The number of carbonyl (C=O) groups is 1. The van der Waals surface area contributed by atoms with Crippen molar-refractivity contribution in [1.82, 2.24) is 5.32 Å². The molecule has 5 heteroatoms. The average Bonchev–Trinajstić information content (AvgIpc) is 2.51. The smallest absolute Gasteiger partial charge is 0.413 e. The molecule has 0 saturated heterocycles. The minimum atomic E-state index is -0.555. The van der Waals surface area contributed by atoms with Gasteiger partial charge in [-0.3, -0.25) is 10.2 Å². The maximum absolute atomic E-state index is 11.6. The van der Waals surface area contributed by atoms with E-state index in [2.05, 4.69) is 5.32 Å². The van der Waals surface area contributed by atoms with Crippen LogP contribution in [0.2, 0.25) is 0 Å². The van der Waals surface area contributed by atoms with Crippen molar-refractivity contribution < 1.29 is 9.53 Å². The third-order valence-corrected chi connectivity index (χ3v) is 3.28. The second-order valence-electron chi connectivity index (χ2n) is 4.66. The fourth-order valence-corrected chi connectivity index (χ4v) is 2.26. The summed E-state index contributed by atoms with van der Waals surface area (Å²) in [7, 11) is 0. The molecule has 0 saturated carbocycles. The number of benzene rings is 2. The quantitative estimate of drug-likeness (QED) is 0.864. The summed E-state index contributed by atoms with van der Waals surface area (Å²) in [6.07, 6.45) is -0.555. The highest BCUT2D eigenvalue weighted by molar-refractivity contribution is 7.80. The molecule has 0 spiro atoms. The van der Waals surface area contributed by atoms with Gasteiger partial charge in [0, 0.05) is 11.4 Å². The Labute approximate surface area is 135 Å². The Kier molecular flexibility index (Phi) is 5.49. The number of amides is 1. The zero-order chi connectivity index (χ0) is 15.9. The number of aryl methyl sites for hydroxylation is 1. The van der Waals surface area contributed by atoms with Crippen molar-refractivity contribution in [2.24, 2.45) is 0 Å². The van der Waals surface area contributed by atoms with Crippen molar-refractivity contribution >= 4 is 34.8 Å². The lowest BCUT2D eigenvalue weighted by molar-refractivity contribution is 0.158. The Bertz CT molecular complexity index is 641. The highest BCUT2D eigenvalue weighted by Crippen LogP contribution is 2.25. The lowest BCUT2D eigenvalue weighted by atomic mass is 10.2. The first-order valence-corrected chi connectivity index (χ1v) is 7.42. The monoisotopic (exact) mass is 314 g/mol. The molecular formula is C17H18N2O2S. The van der Waals surface area contributed by atoms with E-state index in [0.29, 0.717) is 6.61 Å². The molecule has 0 aliphatic carbocycles. The lowest BCUT2D eigenvalue weighted by Gasteiger charge is -2.25. The molecule has 2 aromatic rings. The van der Waals surface area contributed by atoms with Gasteiger partial charge in [-0.1, -0.05) is 35.9 Å². The minimum absolute atomic E-state index is 0.272. The first-order valence-electron chi connectivity index (χ1n) is 7.01. The third kappa shape index (κ3) is 4.05. The van der Waals surface area contributed by atoms with Gasteiger partial charge in [-0.2, -0.15) is 0 Å². The van der Waals surface area contributed by atoms with Crippen LogP contribution in [0.25, 0.3) is 0 Å². The number of alkyl carbamates (subject to hydrolysis) is 1. The third-order valence-electron chi connectivity index (χ3n) is 2.99. The lowest BCUT2D eigenvalue weighted by Crippen LogP contribution is -2.40. The molecule has 2 aromatic carbocycles. The summed E-state index contributed by atoms with van der Waals surface area (Å²) < 4.78 is 4.89. The first-order chi connectivity index (χ1) is 10.6. The Hall–Kier alpha value is -2.40. The van der Waals surface area contributed by atoms with Crippen LogP contribution in [-0.2, 0) is 4.74 Å². The van der Waals surface area contributed by atoms with Crippen molar-refractivity contribution in [2.75, 3.05) is 11.5 Å². The van der Waals surface area contributed by atoms with Gasteiger partial charge < -0.3 is 4.74 Å². The van der Waals surface area contributed by atoms with Crippen molar-refractivity contribution in [3.63, 3.8) is 0 Å². The molecule has 0 unspecified atom stereocenters. The Balaban J connectivity index is 2.32. The molecular weight excluding hydrogens is 296 g/mol. The van der Waals surface area contributed by atoms with Crippen LogP contribution in [0.3, 0.4) is 0 Å². The number of para-hydroxylation sites is 1. The van der Waals surface area contributed by atoms with Crippen molar-refractivity contribution in [3.8, 4) is 0 Å². The van der Waals surface area contributed by atoms with Crippen molar-refractivity contribution in [2.45, 2.75) is 13.8 Å². The van der Waals surface area contributed by atoms with Crippen molar-refractivity contribution in [1.29, 1.82) is 0 Å². The molecule has 0 fully saturated rings. The van der Waals surface area contributed by atoms with Crippen LogP contribution >= 0.6 is 12.2 Å². The maximum atomic E-state index is 11.6. The number of anilines is 2. The maximum Gasteiger partial charge on any atom is 0.413 e. The second-order valence-corrected chi connectivity index (χ2v) is 5.04. The normalized spacial score (nSPS) is 9.91. The summed E-state index contributed by atoms with van der Waals surface area (Å²) in [5, 5.41) is 2.86. The van der Waals surface area contributed by atoms with Gasteiger partial charge >= 0.3 is 6.09 Å². The Morgan fingerprint density at radius 2 is 1.68 bits per heavy atom. The van der Waals surface area contributed by atoms with E-state index in [1.807, 2.05) is 61.5 Å². The molecule has 114 valence electrons. The number of nitrogens with zero attached hydrogens (tertiary/aromatic N) is 1. The molecule has 0 aromatic heterocycles. The van der Waals surface area contributed by atoms with E-state index in [0.717, 1.165) is 16.9 Å². The van der Waals surface area contributed by atoms with Gasteiger partial charge in [0.05, 0.1) is 6.61 Å². The summed E-state index contributed by atoms with van der Waals surface area (Å²) in [5.41, 5.74) is 2.90. The molecule has 0 bridgehead atoms. The van der Waals surface area contributed by atoms with Gasteiger partial charge in [0.1, 0.15) is 0 Å². The van der Waals surface area contributed by atoms with Crippen molar-refractivity contribution in [3.05, 3.63) is 60.2 Å². The van der Waals surface area contributed by atoms with Gasteiger partial charge in [0.25, 0.3) is 0 Å². The molecule has 2 rings (SSSR count). The van der Waals surface area contributed by atoms with E-state index in [1.54, 1.807) is 11.8 Å². The van der Waals surface area contributed by atoms with Gasteiger partial charge in [0.15, 0.2) is 5.11 Å². The van der Waals surface area contributed by atoms with Gasteiger partial charge in [0.2, 0.25) is 0 Å². The van der Waals surface area contributed by atoms with Crippen LogP contribution in [-0.4, -0.2) is 17.8 Å². The molecule has 0 atom stereocenters. The number of thiocarbonyl (C=S) groups is 1.